The molecule has 0 aliphatic heterocycles. The number of hydrogen-bond donors (Lipinski definition) is 1. The van der Waals surface area contributed by atoms with Gasteiger partial charge in [0.05, 0.1) is 6.54 Å². The number of nitrogens with one attached hydrogen (secondary N) is 1. The number of benzene rings is 1. The molecule has 3 rings (SSSR count). The van der Waals surface area contributed by atoms with E-state index in [4.69, 9.17) is 0 Å². The third-order valence-corrected chi connectivity index (χ3v) is 4.22. The van der Waals surface area contributed by atoms with Gasteiger partial charge in [0, 0.05) is 18.2 Å². The fourth-order valence-corrected chi connectivity index (χ4v) is 3.01. The van der Waals surface area contributed by atoms with E-state index in [0.29, 0.717) is 6.04 Å². The van der Waals surface area contributed by atoms with Gasteiger partial charge in [-0.15, -0.1) is 12.4 Å². The van der Waals surface area contributed by atoms with E-state index in [1.165, 1.54) is 32.1 Å². The van der Waals surface area contributed by atoms with Crippen LogP contribution in [0.1, 0.15) is 44.7 Å². The van der Waals surface area contributed by atoms with Crippen LogP contribution in [-0.2, 0) is 13.1 Å². The molecule has 1 N–H and O–H groups in total. The van der Waals surface area contributed by atoms with E-state index in [1.807, 2.05) is 6.07 Å². The fraction of sp³-hybridized carbons (Fsp3) is 0.529. The van der Waals surface area contributed by atoms with Crippen LogP contribution in [0.3, 0.4) is 0 Å². The summed E-state index contributed by atoms with van der Waals surface area (Å²) < 4.78 is 0. The Hall–Kier alpha value is -1.39. The molecule has 0 bridgehead atoms. The van der Waals surface area contributed by atoms with Gasteiger partial charge >= 0.3 is 0 Å². The highest BCUT2D eigenvalue weighted by Crippen LogP contribution is 2.21. The van der Waals surface area contributed by atoms with Crippen LogP contribution >= 0.6 is 12.4 Å². The molecule has 0 spiro atoms. The molecule has 1 saturated carbocycles. The standard InChI is InChI=1S/C17H24N4.ClH/c1-2-21-19-16(13-18-15-11-7-4-8-12-15)17(20-21)14-9-5-3-6-10-14;/h3,5-6,9-10,15,18H,2,4,7-8,11-13H2,1H3;1H. The van der Waals surface area contributed by atoms with Crippen LogP contribution in [0, 0.1) is 0 Å². The SMILES string of the molecule is CCn1nc(CNC2CCCCC2)c(-c2ccccc2)n1.Cl. The van der Waals surface area contributed by atoms with Gasteiger partial charge in [0.15, 0.2) is 0 Å². The van der Waals surface area contributed by atoms with Gasteiger partial charge < -0.3 is 5.32 Å². The molecule has 0 radical (unpaired) electrons. The molecule has 120 valence electrons. The van der Waals surface area contributed by atoms with E-state index in [-0.39, 0.29) is 12.4 Å². The smallest absolute Gasteiger partial charge is 0.117 e. The Kier molecular flexibility index (Phi) is 6.40. The molecule has 22 heavy (non-hydrogen) atoms. The van der Waals surface area contributed by atoms with Crippen LogP contribution in [0.2, 0.25) is 0 Å². The quantitative estimate of drug-likeness (QED) is 0.911. The average Bonchev–Trinajstić information content (AvgIpc) is 2.98. The van der Waals surface area contributed by atoms with Crippen LogP contribution in [0.25, 0.3) is 11.3 Å². The second-order valence-corrected chi connectivity index (χ2v) is 5.77. The maximum Gasteiger partial charge on any atom is 0.117 e. The summed E-state index contributed by atoms with van der Waals surface area (Å²) in [7, 11) is 0. The lowest BCUT2D eigenvalue weighted by atomic mass is 9.95. The lowest BCUT2D eigenvalue weighted by molar-refractivity contribution is 0.370. The molecule has 1 fully saturated rings. The Labute approximate surface area is 138 Å². The second kappa shape index (κ2) is 8.30. The van der Waals surface area contributed by atoms with Crippen molar-refractivity contribution in [3.05, 3.63) is 36.0 Å². The first-order valence-electron chi connectivity index (χ1n) is 8.09. The first-order chi connectivity index (χ1) is 10.4. The van der Waals surface area contributed by atoms with Gasteiger partial charge in [0.1, 0.15) is 11.4 Å². The maximum absolute atomic E-state index is 4.63. The van der Waals surface area contributed by atoms with Crippen LogP contribution < -0.4 is 5.32 Å². The molecule has 1 aliphatic rings. The van der Waals surface area contributed by atoms with E-state index in [9.17, 15) is 0 Å². The molecule has 0 amide bonds. The van der Waals surface area contributed by atoms with Crippen LogP contribution in [-0.4, -0.2) is 21.0 Å². The van der Waals surface area contributed by atoms with Crippen molar-refractivity contribution in [2.45, 2.75) is 58.2 Å². The minimum Gasteiger partial charge on any atom is -0.308 e. The molecule has 1 aliphatic carbocycles. The van der Waals surface area contributed by atoms with Crippen molar-refractivity contribution in [2.75, 3.05) is 0 Å². The second-order valence-electron chi connectivity index (χ2n) is 5.77. The number of aromatic nitrogens is 3. The summed E-state index contributed by atoms with van der Waals surface area (Å²) in [6, 6.07) is 11.0. The van der Waals surface area contributed by atoms with Crippen LogP contribution in [0.5, 0.6) is 0 Å². The van der Waals surface area contributed by atoms with Gasteiger partial charge in [0.25, 0.3) is 0 Å². The number of hydrogen-bond acceptors (Lipinski definition) is 3. The Bertz CT molecular complexity index is 561. The Morgan fingerprint density at radius 2 is 1.82 bits per heavy atom. The molecule has 5 heteroatoms. The highest BCUT2D eigenvalue weighted by molar-refractivity contribution is 5.85. The lowest BCUT2D eigenvalue weighted by Crippen LogP contribution is -2.30. The monoisotopic (exact) mass is 320 g/mol. The molecule has 2 aromatic rings. The van der Waals surface area contributed by atoms with E-state index in [2.05, 4.69) is 46.7 Å². The Morgan fingerprint density at radius 1 is 1.09 bits per heavy atom. The Morgan fingerprint density at radius 3 is 2.50 bits per heavy atom. The fourth-order valence-electron chi connectivity index (χ4n) is 3.01. The summed E-state index contributed by atoms with van der Waals surface area (Å²) in [5.41, 5.74) is 3.23. The highest BCUT2D eigenvalue weighted by atomic mass is 35.5. The molecular formula is C17H25ClN4. The van der Waals surface area contributed by atoms with E-state index < -0.39 is 0 Å². The first kappa shape index (κ1) is 17.0. The molecule has 1 heterocycles. The van der Waals surface area contributed by atoms with Crippen molar-refractivity contribution in [1.29, 1.82) is 0 Å². The third kappa shape index (κ3) is 4.08. The van der Waals surface area contributed by atoms with E-state index in [1.54, 1.807) is 4.80 Å². The minimum atomic E-state index is 0. The zero-order chi connectivity index (χ0) is 14.5. The summed E-state index contributed by atoms with van der Waals surface area (Å²) >= 11 is 0. The molecule has 1 aromatic heterocycles. The van der Waals surface area contributed by atoms with Crippen molar-refractivity contribution in [2.24, 2.45) is 0 Å². The maximum atomic E-state index is 4.63. The van der Waals surface area contributed by atoms with E-state index >= 15 is 0 Å². The van der Waals surface area contributed by atoms with Crippen molar-refractivity contribution in [3.8, 4) is 11.3 Å². The van der Waals surface area contributed by atoms with Crippen molar-refractivity contribution >= 4 is 12.4 Å². The largest absolute Gasteiger partial charge is 0.308 e. The zero-order valence-electron chi connectivity index (χ0n) is 13.2. The summed E-state index contributed by atoms with van der Waals surface area (Å²) in [5, 5.41) is 12.9. The van der Waals surface area contributed by atoms with Gasteiger partial charge in [-0.1, -0.05) is 49.6 Å². The van der Waals surface area contributed by atoms with Gasteiger partial charge in [0.2, 0.25) is 0 Å². The van der Waals surface area contributed by atoms with Gasteiger partial charge in [-0.3, -0.25) is 0 Å². The van der Waals surface area contributed by atoms with Crippen molar-refractivity contribution in [1.82, 2.24) is 20.3 Å². The van der Waals surface area contributed by atoms with Crippen LogP contribution in [0.4, 0.5) is 0 Å². The zero-order valence-corrected chi connectivity index (χ0v) is 14.0. The lowest BCUT2D eigenvalue weighted by Gasteiger charge is -2.22. The normalized spacial score (nSPS) is 15.5. The first-order valence-corrected chi connectivity index (χ1v) is 8.09. The van der Waals surface area contributed by atoms with Crippen molar-refractivity contribution < 1.29 is 0 Å². The molecule has 4 nitrogen and oxygen atoms in total. The topological polar surface area (TPSA) is 42.7 Å². The predicted octanol–water partition coefficient (Wildman–Crippen LogP) is 3.81. The number of rotatable bonds is 5. The van der Waals surface area contributed by atoms with Crippen LogP contribution in [0.15, 0.2) is 30.3 Å². The summed E-state index contributed by atoms with van der Waals surface area (Å²) in [6.07, 6.45) is 6.68. The predicted molar refractivity (Wildman–Crippen MR) is 92.1 cm³/mol. The van der Waals surface area contributed by atoms with E-state index in [0.717, 1.165) is 30.0 Å². The summed E-state index contributed by atoms with van der Waals surface area (Å²) in [6.45, 7) is 3.70. The summed E-state index contributed by atoms with van der Waals surface area (Å²) in [5.74, 6) is 0. The number of halogens is 1. The van der Waals surface area contributed by atoms with Gasteiger partial charge in [-0.05, 0) is 19.8 Å². The molecule has 0 saturated heterocycles. The Balaban J connectivity index is 0.00000176. The number of nitrogens with zero attached hydrogens (tertiary/aromatic N) is 3. The van der Waals surface area contributed by atoms with Gasteiger partial charge in [-0.25, -0.2) is 0 Å². The molecule has 0 atom stereocenters. The average molecular weight is 321 g/mol. The van der Waals surface area contributed by atoms with Crippen molar-refractivity contribution in [3.63, 3.8) is 0 Å². The molecular weight excluding hydrogens is 296 g/mol. The highest BCUT2D eigenvalue weighted by Gasteiger charge is 2.16. The third-order valence-electron chi connectivity index (χ3n) is 4.22. The number of aryl methyl sites for hydroxylation is 1. The molecule has 0 unspecified atom stereocenters. The van der Waals surface area contributed by atoms with Gasteiger partial charge in [-0.2, -0.15) is 15.0 Å². The molecule has 1 aromatic carbocycles. The summed E-state index contributed by atoms with van der Waals surface area (Å²) in [4.78, 5) is 1.79. The minimum absolute atomic E-state index is 0.